The van der Waals surface area contributed by atoms with E-state index in [9.17, 15) is 0 Å². The Morgan fingerprint density at radius 2 is 2.05 bits per heavy atom. The van der Waals surface area contributed by atoms with Crippen LogP contribution in [0.4, 0.5) is 0 Å². The van der Waals surface area contributed by atoms with Gasteiger partial charge in [0.15, 0.2) is 0 Å². The summed E-state index contributed by atoms with van der Waals surface area (Å²) < 4.78 is 5.61. The summed E-state index contributed by atoms with van der Waals surface area (Å²) in [5.74, 6) is 0.345. The second-order valence-electron chi connectivity index (χ2n) is 5.15. The zero-order valence-electron chi connectivity index (χ0n) is 11.1. The fraction of sp³-hybridized carbons (Fsp3) is 0.353. The molecule has 2 nitrogen and oxygen atoms in total. The fourth-order valence-corrected chi connectivity index (χ4v) is 3.26. The Balaban J connectivity index is 2.24. The molecule has 0 aliphatic heterocycles. The Morgan fingerprint density at radius 3 is 2.84 bits per heavy atom. The molecule has 0 bridgehead atoms. The van der Waals surface area contributed by atoms with Crippen LogP contribution < -0.4 is 0 Å². The third-order valence-electron chi connectivity index (χ3n) is 4.16. The Hall–Kier alpha value is -1.85. The van der Waals surface area contributed by atoms with Crippen LogP contribution in [0.15, 0.2) is 36.4 Å². The summed E-state index contributed by atoms with van der Waals surface area (Å²) in [5, 5.41) is 11.6. The molecule has 0 aromatic heterocycles. The molecular weight excluding hydrogens is 234 g/mol. The van der Waals surface area contributed by atoms with Gasteiger partial charge in [-0.25, -0.2) is 0 Å². The van der Waals surface area contributed by atoms with Crippen molar-refractivity contribution in [2.24, 2.45) is 0 Å². The SMILES string of the molecule is COC1CCC(CC#N)c2c1ccc1ccccc21. The minimum atomic E-state index is 0.176. The molecular formula is C17H17NO. The molecule has 1 aliphatic rings. The maximum absolute atomic E-state index is 9.06. The van der Waals surface area contributed by atoms with Crippen LogP contribution in [-0.2, 0) is 4.74 Å². The summed E-state index contributed by atoms with van der Waals surface area (Å²) in [5.41, 5.74) is 2.60. The molecule has 19 heavy (non-hydrogen) atoms. The van der Waals surface area contributed by atoms with Gasteiger partial charge >= 0.3 is 0 Å². The van der Waals surface area contributed by atoms with E-state index in [4.69, 9.17) is 10.00 Å². The average Bonchev–Trinajstić information content (AvgIpc) is 2.47. The van der Waals surface area contributed by atoms with Gasteiger partial charge in [-0.2, -0.15) is 5.26 Å². The van der Waals surface area contributed by atoms with Crippen molar-refractivity contribution in [1.82, 2.24) is 0 Å². The Labute approximate surface area is 113 Å². The first-order valence-corrected chi connectivity index (χ1v) is 6.76. The van der Waals surface area contributed by atoms with E-state index in [1.54, 1.807) is 7.11 Å². The Morgan fingerprint density at radius 1 is 1.21 bits per heavy atom. The van der Waals surface area contributed by atoms with Crippen LogP contribution in [-0.4, -0.2) is 7.11 Å². The molecule has 0 spiro atoms. The predicted octanol–water partition coefficient (Wildman–Crippen LogP) is 4.32. The fourth-order valence-electron chi connectivity index (χ4n) is 3.26. The van der Waals surface area contributed by atoms with Crippen molar-refractivity contribution in [1.29, 1.82) is 5.26 Å². The lowest BCUT2D eigenvalue weighted by molar-refractivity contribution is 0.0847. The van der Waals surface area contributed by atoms with E-state index in [1.807, 2.05) is 0 Å². The summed E-state index contributed by atoms with van der Waals surface area (Å²) in [6, 6.07) is 15.1. The molecule has 1 aliphatic carbocycles. The van der Waals surface area contributed by atoms with Crippen molar-refractivity contribution >= 4 is 10.8 Å². The maximum Gasteiger partial charge on any atom is 0.0824 e. The van der Waals surface area contributed by atoms with E-state index in [-0.39, 0.29) is 6.10 Å². The molecule has 0 radical (unpaired) electrons. The van der Waals surface area contributed by atoms with E-state index in [0.29, 0.717) is 12.3 Å². The quantitative estimate of drug-likeness (QED) is 0.796. The van der Waals surface area contributed by atoms with Crippen LogP contribution in [0.2, 0.25) is 0 Å². The van der Waals surface area contributed by atoms with Gasteiger partial charge in [0.25, 0.3) is 0 Å². The standard InChI is InChI=1S/C17H17NO/c1-19-16-9-7-13(10-11-18)17-14-5-3-2-4-12(14)6-8-15(16)17/h2-6,8,13,16H,7,9-10H2,1H3. The summed E-state index contributed by atoms with van der Waals surface area (Å²) in [4.78, 5) is 0. The number of hydrogen-bond donors (Lipinski definition) is 0. The molecule has 0 saturated heterocycles. The van der Waals surface area contributed by atoms with Crippen LogP contribution in [0.25, 0.3) is 10.8 Å². The number of fused-ring (bicyclic) bond motifs is 3. The number of ether oxygens (including phenoxy) is 1. The van der Waals surface area contributed by atoms with Gasteiger partial charge in [-0.05, 0) is 40.7 Å². The zero-order valence-corrected chi connectivity index (χ0v) is 11.1. The van der Waals surface area contributed by atoms with Gasteiger partial charge in [0, 0.05) is 13.5 Å². The Bertz CT molecular complexity index is 641. The summed E-state index contributed by atoms with van der Waals surface area (Å²) >= 11 is 0. The van der Waals surface area contributed by atoms with Crippen LogP contribution in [0, 0.1) is 11.3 Å². The second kappa shape index (κ2) is 5.03. The normalized spacial score (nSPS) is 21.9. The highest BCUT2D eigenvalue weighted by Gasteiger charge is 2.28. The molecule has 2 aromatic rings. The van der Waals surface area contributed by atoms with E-state index in [1.165, 1.54) is 21.9 Å². The molecule has 2 unspecified atom stereocenters. The number of methoxy groups -OCH3 is 1. The first-order chi connectivity index (χ1) is 9.35. The Kier molecular flexibility index (Phi) is 3.23. The monoisotopic (exact) mass is 251 g/mol. The van der Waals surface area contributed by atoms with Crippen molar-refractivity contribution < 1.29 is 4.74 Å². The summed E-state index contributed by atoms with van der Waals surface area (Å²) in [7, 11) is 1.77. The number of nitriles is 1. The number of nitrogens with zero attached hydrogens (tertiary/aromatic N) is 1. The van der Waals surface area contributed by atoms with Crippen molar-refractivity contribution in [3.8, 4) is 6.07 Å². The van der Waals surface area contributed by atoms with Gasteiger partial charge in [-0.1, -0.05) is 36.4 Å². The van der Waals surface area contributed by atoms with Gasteiger partial charge in [-0.3, -0.25) is 0 Å². The van der Waals surface area contributed by atoms with Gasteiger partial charge < -0.3 is 4.74 Å². The van der Waals surface area contributed by atoms with Crippen LogP contribution in [0.5, 0.6) is 0 Å². The molecule has 0 saturated carbocycles. The van der Waals surface area contributed by atoms with Gasteiger partial charge in [0.2, 0.25) is 0 Å². The van der Waals surface area contributed by atoms with Gasteiger partial charge in [0.1, 0.15) is 0 Å². The lowest BCUT2D eigenvalue weighted by atomic mass is 9.77. The molecule has 0 amide bonds. The highest BCUT2D eigenvalue weighted by Crippen LogP contribution is 2.43. The van der Waals surface area contributed by atoms with E-state index < -0.39 is 0 Å². The number of rotatable bonds is 2. The van der Waals surface area contributed by atoms with Crippen molar-refractivity contribution in [2.45, 2.75) is 31.3 Å². The highest BCUT2D eigenvalue weighted by atomic mass is 16.5. The largest absolute Gasteiger partial charge is 0.377 e. The lowest BCUT2D eigenvalue weighted by Crippen LogP contribution is -2.16. The van der Waals surface area contributed by atoms with E-state index in [0.717, 1.165) is 12.8 Å². The molecule has 0 fully saturated rings. The molecule has 2 aromatic carbocycles. The number of benzene rings is 2. The van der Waals surface area contributed by atoms with Gasteiger partial charge in [0.05, 0.1) is 12.2 Å². The minimum Gasteiger partial charge on any atom is -0.377 e. The molecule has 3 rings (SSSR count). The number of hydrogen-bond acceptors (Lipinski definition) is 2. The van der Waals surface area contributed by atoms with Gasteiger partial charge in [-0.15, -0.1) is 0 Å². The molecule has 96 valence electrons. The van der Waals surface area contributed by atoms with Crippen molar-refractivity contribution in [3.05, 3.63) is 47.5 Å². The molecule has 2 atom stereocenters. The van der Waals surface area contributed by atoms with Crippen LogP contribution in [0.3, 0.4) is 0 Å². The van der Waals surface area contributed by atoms with E-state index in [2.05, 4.69) is 42.5 Å². The summed E-state index contributed by atoms with van der Waals surface area (Å²) in [6.07, 6.45) is 2.81. The molecule has 0 N–H and O–H groups in total. The van der Waals surface area contributed by atoms with E-state index >= 15 is 0 Å². The highest BCUT2D eigenvalue weighted by molar-refractivity contribution is 5.87. The third kappa shape index (κ3) is 2.01. The van der Waals surface area contributed by atoms with Crippen LogP contribution in [0.1, 0.15) is 42.4 Å². The smallest absolute Gasteiger partial charge is 0.0824 e. The zero-order chi connectivity index (χ0) is 13.2. The maximum atomic E-state index is 9.06. The molecule has 0 heterocycles. The van der Waals surface area contributed by atoms with Crippen molar-refractivity contribution in [2.75, 3.05) is 7.11 Å². The second-order valence-corrected chi connectivity index (χ2v) is 5.15. The average molecular weight is 251 g/mol. The van der Waals surface area contributed by atoms with Crippen LogP contribution >= 0.6 is 0 Å². The predicted molar refractivity (Wildman–Crippen MR) is 75.9 cm³/mol. The third-order valence-corrected chi connectivity index (χ3v) is 4.16. The van der Waals surface area contributed by atoms with Crippen molar-refractivity contribution in [3.63, 3.8) is 0 Å². The first kappa shape index (κ1) is 12.2. The topological polar surface area (TPSA) is 33.0 Å². The summed E-state index contributed by atoms with van der Waals surface area (Å²) in [6.45, 7) is 0. The first-order valence-electron chi connectivity index (χ1n) is 6.76. The lowest BCUT2D eigenvalue weighted by Gasteiger charge is -2.31. The molecule has 2 heteroatoms. The minimum absolute atomic E-state index is 0.176.